The van der Waals surface area contributed by atoms with Crippen molar-refractivity contribution in [3.05, 3.63) is 75.3 Å². The zero-order chi connectivity index (χ0) is 29.4. The smallest absolute Gasteiger partial charge is 0.382 e. The average molecular weight is 593 g/mol. The zero-order valence-corrected chi connectivity index (χ0v) is 20.3. The molecule has 3 heterocycles. The third-order valence-corrected chi connectivity index (χ3v) is 5.54. The van der Waals surface area contributed by atoms with Crippen LogP contribution in [0.25, 0.3) is 17.2 Å². The summed E-state index contributed by atoms with van der Waals surface area (Å²) < 4.78 is 81.4. The van der Waals surface area contributed by atoms with E-state index in [9.17, 15) is 41.0 Å². The fourth-order valence-corrected chi connectivity index (χ4v) is 3.60. The van der Waals surface area contributed by atoms with Gasteiger partial charge in [-0.25, -0.2) is 24.2 Å². The number of carbonyl (C=O) groups excluding carboxylic acids is 1. The van der Waals surface area contributed by atoms with Crippen LogP contribution in [0.3, 0.4) is 0 Å². The summed E-state index contributed by atoms with van der Waals surface area (Å²) in [6.45, 7) is -1.98. The van der Waals surface area contributed by atoms with E-state index in [2.05, 4.69) is 25.0 Å². The predicted molar refractivity (Wildman–Crippen MR) is 122 cm³/mol. The molecule has 0 fully saturated rings. The molecule has 12 nitrogen and oxygen atoms in total. The molecule has 212 valence electrons. The summed E-state index contributed by atoms with van der Waals surface area (Å²) in [5.74, 6) is 0.948. The summed E-state index contributed by atoms with van der Waals surface area (Å²) >= 11 is 5.85. The van der Waals surface area contributed by atoms with Gasteiger partial charge in [0.05, 0.1) is 6.54 Å². The van der Waals surface area contributed by atoms with Crippen LogP contribution in [0.2, 0.25) is 5.02 Å². The second kappa shape index (κ2) is 10.7. The SMILES string of the molecule is NOC(=O)c1nc(Cn2nc(-c3ccc(Cl)cc3)n(C[C@H](O)C(F)(F)F)c2=O)nn1-c1ncccc1C(F)(F)F. The largest absolute Gasteiger partial charge is 0.420 e. The molecule has 0 spiro atoms. The minimum atomic E-state index is -5.07. The molecule has 0 aliphatic carbocycles. The maximum absolute atomic E-state index is 13.6. The number of hydrogen-bond acceptors (Lipinski definition) is 9. The molecule has 0 bridgehead atoms. The molecule has 19 heteroatoms. The van der Waals surface area contributed by atoms with Crippen molar-refractivity contribution in [3.63, 3.8) is 0 Å². The number of aromatic nitrogens is 7. The number of pyridine rings is 1. The van der Waals surface area contributed by atoms with Gasteiger partial charge in [0.2, 0.25) is 5.82 Å². The predicted octanol–water partition coefficient (Wildman–Crippen LogP) is 2.36. The lowest BCUT2D eigenvalue weighted by Gasteiger charge is -2.15. The first kappa shape index (κ1) is 28.7. The van der Waals surface area contributed by atoms with Crippen molar-refractivity contribution in [2.45, 2.75) is 31.5 Å². The first-order chi connectivity index (χ1) is 18.7. The molecule has 0 radical (unpaired) electrons. The van der Waals surface area contributed by atoms with E-state index in [0.29, 0.717) is 20.0 Å². The third-order valence-electron chi connectivity index (χ3n) is 5.28. The minimum Gasteiger partial charge on any atom is -0.382 e. The molecule has 0 amide bonds. The highest BCUT2D eigenvalue weighted by atomic mass is 35.5. The molecule has 40 heavy (non-hydrogen) atoms. The van der Waals surface area contributed by atoms with Gasteiger partial charge in [0, 0.05) is 16.8 Å². The van der Waals surface area contributed by atoms with Crippen LogP contribution in [0.5, 0.6) is 0 Å². The fraction of sp³-hybridized carbons (Fsp3) is 0.238. The number of halogens is 7. The quantitative estimate of drug-likeness (QED) is 0.243. The molecule has 4 aromatic rings. The number of benzene rings is 1. The number of alkyl halides is 6. The lowest BCUT2D eigenvalue weighted by atomic mass is 10.2. The first-order valence-corrected chi connectivity index (χ1v) is 11.2. The van der Waals surface area contributed by atoms with Gasteiger partial charge in [-0.15, -0.1) is 10.2 Å². The van der Waals surface area contributed by atoms with Crippen LogP contribution in [-0.2, 0) is 24.1 Å². The molecule has 0 aliphatic rings. The van der Waals surface area contributed by atoms with E-state index >= 15 is 0 Å². The molecule has 1 atom stereocenters. The van der Waals surface area contributed by atoms with Gasteiger partial charge in [0.1, 0.15) is 12.1 Å². The number of carbonyl (C=O) groups is 1. The van der Waals surface area contributed by atoms with Crippen molar-refractivity contribution >= 4 is 17.6 Å². The number of nitrogens with zero attached hydrogens (tertiary/aromatic N) is 7. The minimum absolute atomic E-state index is 0.142. The lowest BCUT2D eigenvalue weighted by Crippen LogP contribution is -2.37. The summed E-state index contributed by atoms with van der Waals surface area (Å²) in [7, 11) is 0. The van der Waals surface area contributed by atoms with E-state index in [0.717, 1.165) is 12.3 Å². The number of rotatable bonds is 7. The molecule has 4 rings (SSSR count). The monoisotopic (exact) mass is 592 g/mol. The van der Waals surface area contributed by atoms with Crippen molar-refractivity contribution < 1.29 is 41.1 Å². The Morgan fingerprint density at radius 1 is 1.10 bits per heavy atom. The van der Waals surface area contributed by atoms with Crippen LogP contribution in [-0.4, -0.2) is 57.5 Å². The van der Waals surface area contributed by atoms with Gasteiger partial charge in [0.25, 0.3) is 0 Å². The molecule has 3 N–H and O–H groups in total. The number of hydrogen-bond donors (Lipinski definition) is 2. The molecule has 0 unspecified atom stereocenters. The topological polar surface area (TPSA) is 156 Å². The van der Waals surface area contributed by atoms with E-state index in [4.69, 9.17) is 17.5 Å². The Hall–Kier alpha value is -4.29. The van der Waals surface area contributed by atoms with E-state index in [-0.39, 0.29) is 16.4 Å². The molecule has 0 saturated carbocycles. The summed E-state index contributed by atoms with van der Waals surface area (Å²) in [5.41, 5.74) is -2.32. The number of nitrogens with two attached hydrogens (primary N) is 1. The van der Waals surface area contributed by atoms with E-state index in [1.807, 2.05) is 0 Å². The van der Waals surface area contributed by atoms with Crippen molar-refractivity contribution in [1.29, 1.82) is 0 Å². The van der Waals surface area contributed by atoms with Gasteiger partial charge in [-0.3, -0.25) is 4.57 Å². The van der Waals surface area contributed by atoms with Gasteiger partial charge in [-0.1, -0.05) is 11.6 Å². The van der Waals surface area contributed by atoms with Gasteiger partial charge >= 0.3 is 24.0 Å². The highest BCUT2D eigenvalue weighted by Gasteiger charge is 2.40. The van der Waals surface area contributed by atoms with Crippen LogP contribution in [0.1, 0.15) is 22.0 Å². The second-order valence-corrected chi connectivity index (χ2v) is 8.42. The standard InChI is InChI=1S/C21H15ClF6N8O4/c22-11-5-3-10(4-6-11)15-33-35(19(39)34(15)8-13(37)21(26,27)28)9-14-31-17(18(38)40-29)36(32-14)16-12(20(23,24)25)2-1-7-30-16/h1-7,13,37H,8-9,29H2/t13-/m0/s1. The first-order valence-electron chi connectivity index (χ1n) is 10.8. The van der Waals surface area contributed by atoms with Crippen LogP contribution < -0.4 is 11.6 Å². The summed E-state index contributed by atoms with van der Waals surface area (Å²) in [6, 6.07) is 7.12. The van der Waals surface area contributed by atoms with Crippen LogP contribution in [0.4, 0.5) is 26.3 Å². The Bertz CT molecular complexity index is 1600. The summed E-state index contributed by atoms with van der Waals surface area (Å²) in [4.78, 5) is 36.7. The van der Waals surface area contributed by atoms with Gasteiger partial charge in [0.15, 0.2) is 23.6 Å². The molecule has 0 aliphatic heterocycles. The molecular formula is C21H15ClF6N8O4. The third kappa shape index (κ3) is 5.82. The Kier molecular flexibility index (Phi) is 7.68. The van der Waals surface area contributed by atoms with E-state index < -0.39 is 66.2 Å². The van der Waals surface area contributed by atoms with E-state index in [1.54, 1.807) is 0 Å². The maximum Gasteiger partial charge on any atom is 0.420 e. The number of aliphatic hydroxyl groups is 1. The Morgan fingerprint density at radius 2 is 1.77 bits per heavy atom. The van der Waals surface area contributed by atoms with Crippen LogP contribution in [0, 0.1) is 0 Å². The van der Waals surface area contributed by atoms with Crippen LogP contribution >= 0.6 is 11.6 Å². The summed E-state index contributed by atoms with van der Waals surface area (Å²) in [5, 5.41) is 17.7. The normalized spacial score (nSPS) is 12.9. The van der Waals surface area contributed by atoms with Gasteiger partial charge in [-0.05, 0) is 36.4 Å². The fourth-order valence-electron chi connectivity index (χ4n) is 3.47. The van der Waals surface area contributed by atoms with Crippen molar-refractivity contribution in [1.82, 2.24) is 34.1 Å². The summed E-state index contributed by atoms with van der Waals surface area (Å²) in [6.07, 6.45) is -12.0. The van der Waals surface area contributed by atoms with Crippen molar-refractivity contribution in [2.24, 2.45) is 5.90 Å². The molecule has 1 aromatic carbocycles. The Balaban J connectivity index is 1.82. The highest BCUT2D eigenvalue weighted by Crippen LogP contribution is 2.33. The molecular weight excluding hydrogens is 578 g/mol. The van der Waals surface area contributed by atoms with Crippen molar-refractivity contribution in [2.75, 3.05) is 0 Å². The van der Waals surface area contributed by atoms with Crippen molar-refractivity contribution in [3.8, 4) is 17.2 Å². The Morgan fingerprint density at radius 3 is 2.38 bits per heavy atom. The molecule has 3 aromatic heterocycles. The highest BCUT2D eigenvalue weighted by molar-refractivity contribution is 6.30. The number of aliphatic hydroxyl groups excluding tert-OH is 1. The zero-order valence-electron chi connectivity index (χ0n) is 19.6. The molecule has 0 saturated heterocycles. The lowest BCUT2D eigenvalue weighted by molar-refractivity contribution is -0.207. The average Bonchev–Trinajstić information content (AvgIpc) is 3.44. The van der Waals surface area contributed by atoms with Crippen LogP contribution in [0.15, 0.2) is 47.4 Å². The van der Waals surface area contributed by atoms with Gasteiger partial charge in [-0.2, -0.15) is 36.9 Å². The van der Waals surface area contributed by atoms with E-state index in [1.165, 1.54) is 24.3 Å². The van der Waals surface area contributed by atoms with Gasteiger partial charge < -0.3 is 9.94 Å². The Labute approximate surface area is 223 Å². The second-order valence-electron chi connectivity index (χ2n) is 7.98. The maximum atomic E-state index is 13.6.